The zero-order chi connectivity index (χ0) is 17.0. The van der Waals surface area contributed by atoms with Crippen molar-refractivity contribution in [1.29, 1.82) is 0 Å². The second-order valence-corrected chi connectivity index (χ2v) is 6.95. The van der Waals surface area contributed by atoms with Gasteiger partial charge in [-0.3, -0.25) is 4.68 Å². The molecule has 1 aliphatic carbocycles. The molecule has 0 aliphatic heterocycles. The average molecular weight is 389 g/mol. The second kappa shape index (κ2) is 5.44. The Balaban J connectivity index is 1.97. The standard InChI is InChI=1S/C17H17BrN4O2/c1-21-8-10-6-11(12(17(23)24-3)7-13(10)20-21)16-19-15(18)14(22(16)2)9-4-5-9/h6-9H,4-5H2,1-3H3. The molecular formula is C17H17BrN4O2. The molecule has 0 bridgehead atoms. The second-order valence-electron chi connectivity index (χ2n) is 6.20. The van der Waals surface area contributed by atoms with Gasteiger partial charge in [0.25, 0.3) is 0 Å². The summed E-state index contributed by atoms with van der Waals surface area (Å²) in [5, 5.41) is 5.35. The Labute approximate surface area is 147 Å². The average Bonchev–Trinajstić information content (AvgIpc) is 3.24. The van der Waals surface area contributed by atoms with Crippen LogP contribution in [0.1, 0.15) is 34.8 Å². The number of hydrogen-bond acceptors (Lipinski definition) is 4. The largest absolute Gasteiger partial charge is 0.465 e. The molecule has 1 fully saturated rings. The molecule has 0 saturated heterocycles. The van der Waals surface area contributed by atoms with Crippen LogP contribution in [-0.2, 0) is 18.8 Å². The van der Waals surface area contributed by atoms with Gasteiger partial charge < -0.3 is 9.30 Å². The Hall–Kier alpha value is -2.15. The van der Waals surface area contributed by atoms with E-state index in [2.05, 4.69) is 30.6 Å². The molecule has 6 nitrogen and oxygen atoms in total. The number of nitrogens with zero attached hydrogens (tertiary/aromatic N) is 4. The minimum absolute atomic E-state index is 0.385. The Morgan fingerprint density at radius 3 is 2.75 bits per heavy atom. The van der Waals surface area contributed by atoms with Gasteiger partial charge in [-0.2, -0.15) is 5.10 Å². The van der Waals surface area contributed by atoms with Crippen molar-refractivity contribution in [3.63, 3.8) is 0 Å². The van der Waals surface area contributed by atoms with Gasteiger partial charge in [0.15, 0.2) is 0 Å². The molecule has 0 radical (unpaired) electrons. The molecule has 1 aromatic carbocycles. The number of methoxy groups -OCH3 is 1. The monoisotopic (exact) mass is 388 g/mol. The molecule has 4 rings (SSSR count). The van der Waals surface area contributed by atoms with Crippen molar-refractivity contribution < 1.29 is 9.53 Å². The number of rotatable bonds is 3. The van der Waals surface area contributed by atoms with Crippen molar-refractivity contribution >= 4 is 32.8 Å². The first-order valence-corrected chi connectivity index (χ1v) is 8.57. The number of fused-ring (bicyclic) bond motifs is 1. The third-order valence-corrected chi connectivity index (χ3v) is 5.05. The number of ether oxygens (including phenoxy) is 1. The van der Waals surface area contributed by atoms with Gasteiger partial charge in [0, 0.05) is 37.2 Å². The van der Waals surface area contributed by atoms with Gasteiger partial charge >= 0.3 is 5.97 Å². The third-order valence-electron chi connectivity index (χ3n) is 4.46. The summed E-state index contributed by atoms with van der Waals surface area (Å²) in [6.07, 6.45) is 4.30. The summed E-state index contributed by atoms with van der Waals surface area (Å²) in [7, 11) is 5.24. The normalized spacial score (nSPS) is 14.3. The molecule has 2 aromatic heterocycles. The van der Waals surface area contributed by atoms with E-state index in [0.717, 1.165) is 26.9 Å². The molecule has 3 aromatic rings. The first-order chi connectivity index (χ1) is 11.5. The third kappa shape index (κ3) is 2.34. The van der Waals surface area contributed by atoms with Crippen LogP contribution in [0, 0.1) is 0 Å². The summed E-state index contributed by atoms with van der Waals surface area (Å²) >= 11 is 3.57. The van der Waals surface area contributed by atoms with E-state index < -0.39 is 0 Å². The molecule has 0 spiro atoms. The molecule has 2 heterocycles. The number of halogens is 1. The zero-order valence-corrected chi connectivity index (χ0v) is 15.3. The number of esters is 1. The van der Waals surface area contributed by atoms with Crippen molar-refractivity contribution in [3.8, 4) is 11.4 Å². The lowest BCUT2D eigenvalue weighted by atomic mass is 10.0. The van der Waals surface area contributed by atoms with Crippen molar-refractivity contribution in [2.75, 3.05) is 7.11 Å². The maximum atomic E-state index is 12.3. The molecule has 0 amide bonds. The zero-order valence-electron chi connectivity index (χ0n) is 13.7. The lowest BCUT2D eigenvalue weighted by Gasteiger charge is -2.09. The smallest absolute Gasteiger partial charge is 0.338 e. The van der Waals surface area contributed by atoms with Crippen LogP contribution in [0.2, 0.25) is 0 Å². The SMILES string of the molecule is COC(=O)c1cc2nn(C)cc2cc1-c1nc(Br)c(C2CC2)n1C. The minimum atomic E-state index is -0.385. The van der Waals surface area contributed by atoms with Crippen LogP contribution >= 0.6 is 15.9 Å². The highest BCUT2D eigenvalue weighted by molar-refractivity contribution is 9.10. The summed E-state index contributed by atoms with van der Waals surface area (Å²) in [4.78, 5) is 17.0. The van der Waals surface area contributed by atoms with Gasteiger partial charge in [0.2, 0.25) is 0 Å². The van der Waals surface area contributed by atoms with Gasteiger partial charge in [0.1, 0.15) is 10.4 Å². The summed E-state index contributed by atoms with van der Waals surface area (Å²) < 4.78 is 9.63. The number of hydrogen-bond donors (Lipinski definition) is 0. The number of carbonyl (C=O) groups is 1. The predicted molar refractivity (Wildman–Crippen MR) is 93.9 cm³/mol. The fraction of sp³-hybridized carbons (Fsp3) is 0.353. The van der Waals surface area contributed by atoms with E-state index in [-0.39, 0.29) is 5.97 Å². The molecule has 0 N–H and O–H groups in total. The maximum Gasteiger partial charge on any atom is 0.338 e. The summed E-state index contributed by atoms with van der Waals surface area (Å²) in [6, 6.07) is 3.73. The highest BCUT2D eigenvalue weighted by atomic mass is 79.9. The fourth-order valence-corrected chi connectivity index (χ4v) is 3.93. The molecule has 1 aliphatic rings. The first-order valence-electron chi connectivity index (χ1n) is 7.77. The lowest BCUT2D eigenvalue weighted by Crippen LogP contribution is -2.06. The Morgan fingerprint density at radius 1 is 1.33 bits per heavy atom. The molecule has 7 heteroatoms. The van der Waals surface area contributed by atoms with Crippen LogP contribution < -0.4 is 0 Å². The molecular weight excluding hydrogens is 372 g/mol. The van der Waals surface area contributed by atoms with E-state index in [1.807, 2.05) is 26.4 Å². The van der Waals surface area contributed by atoms with E-state index in [0.29, 0.717) is 11.5 Å². The summed E-state index contributed by atoms with van der Waals surface area (Å²) in [6.45, 7) is 0. The number of carbonyl (C=O) groups excluding carboxylic acids is 1. The van der Waals surface area contributed by atoms with Crippen LogP contribution in [0.15, 0.2) is 22.9 Å². The van der Waals surface area contributed by atoms with Crippen LogP contribution in [0.25, 0.3) is 22.3 Å². The molecule has 24 heavy (non-hydrogen) atoms. The van der Waals surface area contributed by atoms with Crippen LogP contribution in [-0.4, -0.2) is 32.4 Å². The Bertz CT molecular complexity index is 969. The Morgan fingerprint density at radius 2 is 2.08 bits per heavy atom. The lowest BCUT2D eigenvalue weighted by molar-refractivity contribution is 0.0601. The fourth-order valence-electron chi connectivity index (χ4n) is 3.18. The quantitative estimate of drug-likeness (QED) is 0.645. The highest BCUT2D eigenvalue weighted by Crippen LogP contribution is 2.44. The van der Waals surface area contributed by atoms with Crippen molar-refractivity contribution in [3.05, 3.63) is 34.2 Å². The van der Waals surface area contributed by atoms with E-state index in [9.17, 15) is 4.79 Å². The van der Waals surface area contributed by atoms with Gasteiger partial charge in [-0.05, 0) is 40.9 Å². The minimum Gasteiger partial charge on any atom is -0.465 e. The number of benzene rings is 1. The van der Waals surface area contributed by atoms with E-state index in [4.69, 9.17) is 4.74 Å². The number of aromatic nitrogens is 4. The van der Waals surface area contributed by atoms with Crippen molar-refractivity contribution in [1.82, 2.24) is 19.3 Å². The first kappa shape index (κ1) is 15.4. The number of aryl methyl sites for hydroxylation is 1. The Kier molecular flexibility index (Phi) is 3.49. The van der Waals surface area contributed by atoms with Crippen LogP contribution in [0.3, 0.4) is 0 Å². The van der Waals surface area contributed by atoms with E-state index >= 15 is 0 Å². The molecule has 1 saturated carbocycles. The van der Waals surface area contributed by atoms with E-state index in [1.54, 1.807) is 10.7 Å². The summed E-state index contributed by atoms with van der Waals surface area (Å²) in [5.41, 5.74) is 3.19. The maximum absolute atomic E-state index is 12.3. The van der Waals surface area contributed by atoms with E-state index in [1.165, 1.54) is 25.6 Å². The summed E-state index contributed by atoms with van der Waals surface area (Å²) in [5.74, 6) is 0.925. The predicted octanol–water partition coefficient (Wildman–Crippen LogP) is 3.40. The molecule has 0 unspecified atom stereocenters. The van der Waals surface area contributed by atoms with Crippen molar-refractivity contribution in [2.45, 2.75) is 18.8 Å². The van der Waals surface area contributed by atoms with Gasteiger partial charge in [-0.15, -0.1) is 0 Å². The van der Waals surface area contributed by atoms with Crippen LogP contribution in [0.5, 0.6) is 0 Å². The molecule has 124 valence electrons. The van der Waals surface area contributed by atoms with Gasteiger partial charge in [0.05, 0.1) is 23.9 Å². The van der Waals surface area contributed by atoms with Crippen LogP contribution in [0.4, 0.5) is 0 Å². The number of imidazole rings is 1. The van der Waals surface area contributed by atoms with Crippen molar-refractivity contribution in [2.24, 2.45) is 14.1 Å². The molecule has 0 atom stereocenters. The van der Waals surface area contributed by atoms with Gasteiger partial charge in [-0.25, -0.2) is 9.78 Å². The topological polar surface area (TPSA) is 61.9 Å². The van der Waals surface area contributed by atoms with Gasteiger partial charge in [-0.1, -0.05) is 0 Å². The highest BCUT2D eigenvalue weighted by Gasteiger charge is 2.31.